The van der Waals surface area contributed by atoms with Gasteiger partial charge in [0.1, 0.15) is 5.76 Å². The summed E-state index contributed by atoms with van der Waals surface area (Å²) in [7, 11) is 0. The van der Waals surface area contributed by atoms with Crippen LogP contribution in [0.25, 0.3) is 0 Å². The fourth-order valence-electron chi connectivity index (χ4n) is 1.61. The highest BCUT2D eigenvalue weighted by molar-refractivity contribution is 5.90. The first-order valence-corrected chi connectivity index (χ1v) is 5.90. The Bertz CT molecular complexity index is 593. The van der Waals surface area contributed by atoms with E-state index in [1.54, 1.807) is 12.3 Å². The van der Waals surface area contributed by atoms with Crippen molar-refractivity contribution in [3.8, 4) is 0 Å². The molecule has 6 heteroatoms. The van der Waals surface area contributed by atoms with E-state index in [4.69, 9.17) is 15.3 Å². The van der Waals surface area contributed by atoms with Crippen molar-refractivity contribution < 1.29 is 14.3 Å². The van der Waals surface area contributed by atoms with Gasteiger partial charge in [0.2, 0.25) is 5.89 Å². The van der Waals surface area contributed by atoms with Gasteiger partial charge in [0.15, 0.2) is 0 Å². The monoisotopic (exact) mass is 261 g/mol. The molecule has 0 aliphatic carbocycles. The minimum absolute atomic E-state index is 0.179. The largest absolute Gasteiger partial charge is 0.478 e. The SMILES string of the molecule is CCc1cnc(CNc2cc(C(=O)O)ccc2N)o1. The van der Waals surface area contributed by atoms with Gasteiger partial charge in [-0.15, -0.1) is 0 Å². The summed E-state index contributed by atoms with van der Waals surface area (Å²) in [6, 6.07) is 4.50. The minimum Gasteiger partial charge on any atom is -0.478 e. The van der Waals surface area contributed by atoms with Crippen LogP contribution >= 0.6 is 0 Å². The second-order valence-electron chi connectivity index (χ2n) is 4.03. The molecule has 6 nitrogen and oxygen atoms in total. The molecule has 0 amide bonds. The third kappa shape index (κ3) is 3.04. The van der Waals surface area contributed by atoms with E-state index in [1.165, 1.54) is 12.1 Å². The van der Waals surface area contributed by atoms with Crippen LogP contribution in [0.5, 0.6) is 0 Å². The number of benzene rings is 1. The number of anilines is 2. The number of aromatic nitrogens is 1. The zero-order valence-electron chi connectivity index (χ0n) is 10.5. The summed E-state index contributed by atoms with van der Waals surface area (Å²) in [5, 5.41) is 11.9. The summed E-state index contributed by atoms with van der Waals surface area (Å²) in [4.78, 5) is 15.0. The summed E-state index contributed by atoms with van der Waals surface area (Å²) < 4.78 is 5.44. The van der Waals surface area contributed by atoms with Gasteiger partial charge < -0.3 is 20.6 Å². The Balaban J connectivity index is 2.10. The molecule has 19 heavy (non-hydrogen) atoms. The molecule has 0 aliphatic heterocycles. The van der Waals surface area contributed by atoms with Crippen LogP contribution in [0.15, 0.2) is 28.8 Å². The number of carboxylic acids is 1. The Morgan fingerprint density at radius 1 is 1.53 bits per heavy atom. The molecule has 0 bridgehead atoms. The topological polar surface area (TPSA) is 101 Å². The van der Waals surface area contributed by atoms with E-state index in [1.807, 2.05) is 6.92 Å². The van der Waals surface area contributed by atoms with Crippen LogP contribution in [0.2, 0.25) is 0 Å². The van der Waals surface area contributed by atoms with Crippen molar-refractivity contribution in [1.29, 1.82) is 0 Å². The van der Waals surface area contributed by atoms with Crippen LogP contribution in [0.4, 0.5) is 11.4 Å². The number of nitrogens with two attached hydrogens (primary N) is 1. The quantitative estimate of drug-likeness (QED) is 0.713. The van der Waals surface area contributed by atoms with Gasteiger partial charge in [-0.3, -0.25) is 0 Å². The van der Waals surface area contributed by atoms with E-state index < -0.39 is 5.97 Å². The zero-order valence-corrected chi connectivity index (χ0v) is 10.5. The Labute approximate surface area is 110 Å². The molecule has 100 valence electrons. The zero-order chi connectivity index (χ0) is 13.8. The molecular formula is C13H15N3O3. The maximum atomic E-state index is 10.9. The standard InChI is InChI=1S/C13H15N3O3/c1-2-9-6-16-12(19-9)7-15-11-5-8(13(17)18)3-4-10(11)14/h3-6,15H,2,7,14H2,1H3,(H,17,18). The molecular weight excluding hydrogens is 246 g/mol. The molecule has 4 N–H and O–H groups in total. The van der Waals surface area contributed by atoms with Crippen molar-refractivity contribution in [2.75, 3.05) is 11.1 Å². The van der Waals surface area contributed by atoms with Crippen LogP contribution < -0.4 is 11.1 Å². The minimum atomic E-state index is -0.993. The summed E-state index contributed by atoms with van der Waals surface area (Å²) in [6.07, 6.45) is 2.46. The predicted molar refractivity (Wildman–Crippen MR) is 71.0 cm³/mol. The van der Waals surface area contributed by atoms with Gasteiger partial charge in [0.05, 0.1) is 29.7 Å². The van der Waals surface area contributed by atoms with Gasteiger partial charge in [0, 0.05) is 6.42 Å². The van der Waals surface area contributed by atoms with Crippen molar-refractivity contribution in [2.24, 2.45) is 0 Å². The molecule has 0 fully saturated rings. The molecule has 0 radical (unpaired) electrons. The molecule has 0 unspecified atom stereocenters. The summed E-state index contributed by atoms with van der Waals surface area (Å²) in [5.41, 5.74) is 6.99. The van der Waals surface area contributed by atoms with Gasteiger partial charge in [-0.1, -0.05) is 6.92 Å². The number of aryl methyl sites for hydroxylation is 1. The third-order valence-corrected chi connectivity index (χ3v) is 2.68. The lowest BCUT2D eigenvalue weighted by Gasteiger charge is -2.08. The first-order valence-electron chi connectivity index (χ1n) is 5.90. The van der Waals surface area contributed by atoms with Gasteiger partial charge in [-0.2, -0.15) is 0 Å². The van der Waals surface area contributed by atoms with E-state index in [-0.39, 0.29) is 5.56 Å². The number of hydrogen-bond acceptors (Lipinski definition) is 5. The average Bonchev–Trinajstić information content (AvgIpc) is 2.85. The highest BCUT2D eigenvalue weighted by Crippen LogP contribution is 2.21. The lowest BCUT2D eigenvalue weighted by molar-refractivity contribution is 0.0697. The second kappa shape index (κ2) is 5.43. The summed E-state index contributed by atoms with van der Waals surface area (Å²) >= 11 is 0. The van der Waals surface area contributed by atoms with Crippen LogP contribution in [-0.4, -0.2) is 16.1 Å². The van der Waals surface area contributed by atoms with Crippen LogP contribution in [-0.2, 0) is 13.0 Å². The highest BCUT2D eigenvalue weighted by Gasteiger charge is 2.08. The summed E-state index contributed by atoms with van der Waals surface area (Å²) in [6.45, 7) is 2.33. The first-order chi connectivity index (χ1) is 9.10. The number of aromatic carboxylic acids is 1. The smallest absolute Gasteiger partial charge is 0.335 e. The highest BCUT2D eigenvalue weighted by atomic mass is 16.4. The van der Waals surface area contributed by atoms with Gasteiger partial charge in [0.25, 0.3) is 0 Å². The van der Waals surface area contributed by atoms with E-state index in [2.05, 4.69) is 10.3 Å². The molecule has 2 aromatic rings. The summed E-state index contributed by atoms with van der Waals surface area (Å²) in [5.74, 6) is 0.355. The number of nitrogen functional groups attached to an aromatic ring is 1. The first kappa shape index (κ1) is 12.9. The maximum absolute atomic E-state index is 10.9. The molecule has 0 atom stereocenters. The number of carbonyl (C=O) groups is 1. The molecule has 0 spiro atoms. The number of oxazole rings is 1. The van der Waals surface area contributed by atoms with Crippen molar-refractivity contribution >= 4 is 17.3 Å². The maximum Gasteiger partial charge on any atom is 0.335 e. The number of carboxylic acid groups (broad SMARTS) is 1. The fourth-order valence-corrected chi connectivity index (χ4v) is 1.61. The number of nitrogens with zero attached hydrogens (tertiary/aromatic N) is 1. The van der Waals surface area contributed by atoms with Gasteiger partial charge in [-0.25, -0.2) is 9.78 Å². The van der Waals surface area contributed by atoms with Crippen molar-refractivity contribution in [2.45, 2.75) is 19.9 Å². The van der Waals surface area contributed by atoms with Crippen LogP contribution in [0.3, 0.4) is 0 Å². The molecule has 1 heterocycles. The normalized spacial score (nSPS) is 10.4. The fraction of sp³-hybridized carbons (Fsp3) is 0.231. The lowest BCUT2D eigenvalue weighted by atomic mass is 10.1. The molecule has 0 aliphatic rings. The van der Waals surface area contributed by atoms with E-state index >= 15 is 0 Å². The number of hydrogen-bond donors (Lipinski definition) is 3. The van der Waals surface area contributed by atoms with Crippen LogP contribution in [0, 0.1) is 0 Å². The molecule has 0 saturated carbocycles. The van der Waals surface area contributed by atoms with Crippen molar-refractivity contribution in [3.63, 3.8) is 0 Å². The van der Waals surface area contributed by atoms with Crippen molar-refractivity contribution in [3.05, 3.63) is 41.6 Å². The molecule has 2 rings (SSSR count). The Morgan fingerprint density at radius 3 is 2.95 bits per heavy atom. The predicted octanol–water partition coefficient (Wildman–Crippen LogP) is 2.13. The number of nitrogens with one attached hydrogen (secondary N) is 1. The Kier molecular flexibility index (Phi) is 3.70. The van der Waals surface area contributed by atoms with E-state index in [0.717, 1.165) is 12.2 Å². The van der Waals surface area contributed by atoms with Gasteiger partial charge in [-0.05, 0) is 18.2 Å². The molecule has 1 aromatic heterocycles. The molecule has 0 saturated heterocycles. The van der Waals surface area contributed by atoms with Crippen LogP contribution in [0.1, 0.15) is 28.9 Å². The average molecular weight is 261 g/mol. The van der Waals surface area contributed by atoms with E-state index in [0.29, 0.717) is 23.8 Å². The molecule has 1 aromatic carbocycles. The van der Waals surface area contributed by atoms with Crippen molar-refractivity contribution in [1.82, 2.24) is 4.98 Å². The third-order valence-electron chi connectivity index (χ3n) is 2.68. The Hall–Kier alpha value is -2.50. The second-order valence-corrected chi connectivity index (χ2v) is 4.03. The Morgan fingerprint density at radius 2 is 2.32 bits per heavy atom. The number of rotatable bonds is 5. The van der Waals surface area contributed by atoms with Gasteiger partial charge >= 0.3 is 5.97 Å². The van der Waals surface area contributed by atoms with E-state index in [9.17, 15) is 4.79 Å². The lowest BCUT2D eigenvalue weighted by Crippen LogP contribution is -2.05.